The summed E-state index contributed by atoms with van der Waals surface area (Å²) in [6.45, 7) is 4.13. The van der Waals surface area contributed by atoms with Crippen molar-refractivity contribution in [2.24, 2.45) is 12.8 Å². The van der Waals surface area contributed by atoms with E-state index in [0.29, 0.717) is 6.54 Å². The van der Waals surface area contributed by atoms with Gasteiger partial charge in [0, 0.05) is 44.6 Å². The first kappa shape index (κ1) is 15.9. The molecule has 6 heteroatoms. The zero-order valence-corrected chi connectivity index (χ0v) is 14.3. The molecular weight excluding hydrogens is 317 g/mol. The first-order valence-electron chi connectivity index (χ1n) is 8.56. The minimum Gasteiger partial charge on any atom is -0.368 e. The molecule has 0 aliphatic carbocycles. The zero-order valence-electron chi connectivity index (χ0n) is 14.3. The van der Waals surface area contributed by atoms with Crippen molar-refractivity contribution in [3.8, 4) is 0 Å². The summed E-state index contributed by atoms with van der Waals surface area (Å²) in [5, 5.41) is 0. The van der Waals surface area contributed by atoms with Gasteiger partial charge in [0.15, 0.2) is 0 Å². The summed E-state index contributed by atoms with van der Waals surface area (Å²) in [4.78, 5) is 9.29. The van der Waals surface area contributed by atoms with Gasteiger partial charge >= 0.3 is 0 Å². The molecular formula is C19H22FN5. The third-order valence-electron chi connectivity index (χ3n) is 4.98. The van der Waals surface area contributed by atoms with E-state index in [-0.39, 0.29) is 5.82 Å². The molecule has 0 amide bonds. The average Bonchev–Trinajstić information content (AvgIpc) is 2.98. The highest BCUT2D eigenvalue weighted by molar-refractivity contribution is 5.80. The molecule has 1 fully saturated rings. The molecule has 1 aliphatic heterocycles. The molecule has 3 aromatic rings. The summed E-state index contributed by atoms with van der Waals surface area (Å²) in [6.07, 6.45) is 0. The van der Waals surface area contributed by atoms with Gasteiger partial charge in [-0.2, -0.15) is 0 Å². The van der Waals surface area contributed by atoms with Gasteiger partial charge in [-0.25, -0.2) is 9.37 Å². The number of aromatic nitrogens is 2. The van der Waals surface area contributed by atoms with E-state index < -0.39 is 0 Å². The highest BCUT2D eigenvalue weighted by atomic mass is 19.1. The van der Waals surface area contributed by atoms with E-state index >= 15 is 0 Å². The number of nitrogens with two attached hydrogens (primary N) is 1. The van der Waals surface area contributed by atoms with Crippen LogP contribution < -0.4 is 15.5 Å². The maximum Gasteiger partial charge on any atom is 0.123 e. The van der Waals surface area contributed by atoms with Crippen LogP contribution in [0.2, 0.25) is 0 Å². The van der Waals surface area contributed by atoms with Gasteiger partial charge in [0.2, 0.25) is 0 Å². The second kappa shape index (κ2) is 6.37. The Morgan fingerprint density at radius 2 is 1.56 bits per heavy atom. The Balaban J connectivity index is 1.50. The highest BCUT2D eigenvalue weighted by Gasteiger charge is 2.18. The van der Waals surface area contributed by atoms with Crippen LogP contribution in [0.5, 0.6) is 0 Å². The lowest BCUT2D eigenvalue weighted by Gasteiger charge is -2.37. The van der Waals surface area contributed by atoms with Gasteiger partial charge in [-0.05, 0) is 42.5 Å². The van der Waals surface area contributed by atoms with Gasteiger partial charge in [-0.3, -0.25) is 0 Å². The number of hydrogen-bond donors (Lipinski definition) is 1. The SMILES string of the molecule is Cn1c(CN)nc2cc(N3CCN(c4ccc(F)cc4)CC3)ccc21. The molecule has 2 aromatic carbocycles. The number of rotatable bonds is 3. The van der Waals surface area contributed by atoms with Crippen LogP contribution in [0.15, 0.2) is 42.5 Å². The summed E-state index contributed by atoms with van der Waals surface area (Å²) in [5.41, 5.74) is 10.1. The van der Waals surface area contributed by atoms with E-state index in [9.17, 15) is 4.39 Å². The summed E-state index contributed by atoms with van der Waals surface area (Å²) in [5.74, 6) is 0.705. The molecule has 0 bridgehead atoms. The van der Waals surface area contributed by atoms with Crippen molar-refractivity contribution >= 4 is 22.4 Å². The molecule has 0 unspecified atom stereocenters. The van der Waals surface area contributed by atoms with Crippen molar-refractivity contribution in [2.45, 2.75) is 6.54 Å². The topological polar surface area (TPSA) is 50.3 Å². The quantitative estimate of drug-likeness (QED) is 0.797. The van der Waals surface area contributed by atoms with Crippen molar-refractivity contribution in [3.05, 3.63) is 54.1 Å². The monoisotopic (exact) mass is 339 g/mol. The predicted molar refractivity (Wildman–Crippen MR) is 99.4 cm³/mol. The normalized spacial score (nSPS) is 15.2. The Morgan fingerprint density at radius 1 is 0.960 bits per heavy atom. The van der Waals surface area contributed by atoms with Crippen LogP contribution in [0.4, 0.5) is 15.8 Å². The number of fused-ring (bicyclic) bond motifs is 1. The average molecular weight is 339 g/mol. The van der Waals surface area contributed by atoms with Crippen molar-refractivity contribution < 1.29 is 4.39 Å². The maximum absolute atomic E-state index is 13.1. The third-order valence-corrected chi connectivity index (χ3v) is 4.98. The molecule has 0 spiro atoms. The molecule has 1 aliphatic rings. The first-order valence-corrected chi connectivity index (χ1v) is 8.56. The van der Waals surface area contributed by atoms with Crippen LogP contribution in [-0.4, -0.2) is 35.7 Å². The van der Waals surface area contributed by atoms with E-state index in [1.165, 1.54) is 17.8 Å². The first-order chi connectivity index (χ1) is 12.2. The molecule has 130 valence electrons. The fourth-order valence-electron chi connectivity index (χ4n) is 3.49. The van der Waals surface area contributed by atoms with E-state index in [1.54, 1.807) is 0 Å². The van der Waals surface area contributed by atoms with Gasteiger partial charge in [0.05, 0.1) is 17.6 Å². The largest absolute Gasteiger partial charge is 0.368 e. The number of halogens is 1. The number of imidazole rings is 1. The lowest BCUT2D eigenvalue weighted by molar-refractivity contribution is 0.625. The Bertz CT molecular complexity index is 879. The van der Waals surface area contributed by atoms with E-state index in [1.807, 2.05) is 23.7 Å². The van der Waals surface area contributed by atoms with Gasteiger partial charge < -0.3 is 20.1 Å². The molecule has 0 atom stereocenters. The standard InChI is InChI=1S/C19H22FN5/c1-23-18-7-6-16(12-17(18)22-19(23)13-21)25-10-8-24(9-11-25)15-4-2-14(20)3-5-15/h2-7,12H,8-11,13,21H2,1H3. The van der Waals surface area contributed by atoms with Crippen LogP contribution in [0.3, 0.4) is 0 Å². The molecule has 2 heterocycles. The summed E-state index contributed by atoms with van der Waals surface area (Å²) >= 11 is 0. The molecule has 1 aromatic heterocycles. The number of aryl methyl sites for hydroxylation is 1. The zero-order chi connectivity index (χ0) is 17.4. The number of benzene rings is 2. The Kier molecular flexibility index (Phi) is 4.05. The molecule has 4 rings (SSSR count). The molecule has 25 heavy (non-hydrogen) atoms. The molecule has 2 N–H and O–H groups in total. The van der Waals surface area contributed by atoms with Crippen LogP contribution in [0.1, 0.15) is 5.82 Å². The molecule has 5 nitrogen and oxygen atoms in total. The van der Waals surface area contributed by atoms with Gasteiger partial charge in [-0.15, -0.1) is 0 Å². The third kappa shape index (κ3) is 2.93. The van der Waals surface area contributed by atoms with Crippen LogP contribution in [-0.2, 0) is 13.6 Å². The Labute approximate surface area is 146 Å². The molecule has 0 saturated carbocycles. The summed E-state index contributed by atoms with van der Waals surface area (Å²) in [7, 11) is 2.00. The molecule has 0 radical (unpaired) electrons. The van der Waals surface area contributed by atoms with Crippen molar-refractivity contribution in [1.82, 2.24) is 9.55 Å². The summed E-state index contributed by atoms with van der Waals surface area (Å²) in [6, 6.07) is 13.1. The lowest BCUT2D eigenvalue weighted by atomic mass is 10.2. The second-order valence-corrected chi connectivity index (χ2v) is 6.41. The van der Waals surface area contributed by atoms with Crippen LogP contribution in [0.25, 0.3) is 11.0 Å². The van der Waals surface area contributed by atoms with Crippen LogP contribution in [0, 0.1) is 5.82 Å². The van der Waals surface area contributed by atoms with Gasteiger partial charge in [0.1, 0.15) is 11.6 Å². The number of hydrogen-bond acceptors (Lipinski definition) is 4. The second-order valence-electron chi connectivity index (χ2n) is 6.41. The number of piperazine rings is 1. The van der Waals surface area contributed by atoms with E-state index in [0.717, 1.165) is 48.7 Å². The van der Waals surface area contributed by atoms with Crippen molar-refractivity contribution in [3.63, 3.8) is 0 Å². The minimum absolute atomic E-state index is 0.192. The van der Waals surface area contributed by atoms with Gasteiger partial charge in [-0.1, -0.05) is 0 Å². The maximum atomic E-state index is 13.1. The minimum atomic E-state index is -0.192. The smallest absolute Gasteiger partial charge is 0.123 e. The van der Waals surface area contributed by atoms with Crippen LogP contribution >= 0.6 is 0 Å². The predicted octanol–water partition coefficient (Wildman–Crippen LogP) is 2.50. The Hall–Kier alpha value is -2.60. The van der Waals surface area contributed by atoms with E-state index in [4.69, 9.17) is 5.73 Å². The number of anilines is 2. The van der Waals surface area contributed by atoms with Crippen molar-refractivity contribution in [2.75, 3.05) is 36.0 Å². The Morgan fingerprint density at radius 3 is 2.20 bits per heavy atom. The highest BCUT2D eigenvalue weighted by Crippen LogP contribution is 2.25. The molecule has 1 saturated heterocycles. The lowest BCUT2D eigenvalue weighted by Crippen LogP contribution is -2.46. The fourth-order valence-corrected chi connectivity index (χ4v) is 3.49. The van der Waals surface area contributed by atoms with Gasteiger partial charge in [0.25, 0.3) is 0 Å². The van der Waals surface area contributed by atoms with Crippen molar-refractivity contribution in [1.29, 1.82) is 0 Å². The number of nitrogens with zero attached hydrogens (tertiary/aromatic N) is 4. The summed E-state index contributed by atoms with van der Waals surface area (Å²) < 4.78 is 15.1. The fraction of sp³-hybridized carbons (Fsp3) is 0.316. The van der Waals surface area contributed by atoms with E-state index in [2.05, 4.69) is 33.0 Å².